The van der Waals surface area contributed by atoms with Crippen LogP contribution in [0.2, 0.25) is 0 Å². The summed E-state index contributed by atoms with van der Waals surface area (Å²) in [6.45, 7) is 4.20. The fourth-order valence-electron chi connectivity index (χ4n) is 2.30. The Labute approximate surface area is 63.4 Å². The quantitative estimate of drug-likeness (QED) is 0.451. The third kappa shape index (κ3) is 1.34. The van der Waals surface area contributed by atoms with Gasteiger partial charge >= 0.3 is 0 Å². The van der Waals surface area contributed by atoms with E-state index in [1.165, 1.54) is 51.7 Å². The van der Waals surface area contributed by atoms with Crippen LogP contribution in [0.25, 0.3) is 0 Å². The van der Waals surface area contributed by atoms with Crippen LogP contribution in [0.3, 0.4) is 0 Å². The number of hydrogen-bond acceptors (Lipinski definition) is 1. The Hall–Kier alpha value is -0.0400. The predicted octanol–water partition coefficient (Wildman–Crippen LogP) is 1.72. The van der Waals surface area contributed by atoms with Crippen LogP contribution in [0.1, 0.15) is 32.1 Å². The van der Waals surface area contributed by atoms with E-state index in [4.69, 9.17) is 0 Å². The maximum atomic E-state index is 2.64. The summed E-state index contributed by atoms with van der Waals surface area (Å²) in [6.07, 6.45) is 7.43. The fraction of sp³-hybridized carbons (Fsp3) is 1.00. The number of fused-ring (bicyclic) bond motifs is 2. The van der Waals surface area contributed by atoms with Crippen LogP contribution in [-0.2, 0) is 0 Å². The molecule has 2 aliphatic rings. The van der Waals surface area contributed by atoms with Gasteiger partial charge in [0.15, 0.2) is 0 Å². The molecule has 1 radical (unpaired) electrons. The van der Waals surface area contributed by atoms with E-state index in [0.29, 0.717) is 0 Å². The Morgan fingerprint density at radius 2 is 1.90 bits per heavy atom. The lowest BCUT2D eigenvalue weighted by molar-refractivity contribution is 0.391. The second-order valence-corrected chi connectivity index (χ2v) is 3.80. The monoisotopic (exact) mass is 139 g/mol. The second-order valence-electron chi connectivity index (χ2n) is 3.80. The largest absolute Gasteiger partial charge is 0.170 e. The smallest absolute Gasteiger partial charge is 0.125 e. The van der Waals surface area contributed by atoms with E-state index in [1.807, 2.05) is 0 Å². The normalized spacial score (nSPS) is 40.8. The third-order valence-corrected chi connectivity index (χ3v) is 2.96. The molecule has 2 saturated heterocycles. The molecule has 2 fully saturated rings. The molecule has 0 N–H and O–H groups in total. The van der Waals surface area contributed by atoms with Gasteiger partial charge in [0.25, 0.3) is 0 Å². The predicted molar refractivity (Wildman–Crippen MR) is 43.3 cm³/mol. The fourth-order valence-corrected chi connectivity index (χ4v) is 2.30. The van der Waals surface area contributed by atoms with Crippen molar-refractivity contribution in [3.05, 3.63) is 0 Å². The van der Waals surface area contributed by atoms with Crippen molar-refractivity contribution in [2.24, 2.45) is 5.92 Å². The summed E-state index contributed by atoms with van der Waals surface area (Å²) in [4.78, 5) is 2.64. The lowest BCUT2D eigenvalue weighted by atomic mass is 10.00. The molecule has 57 valence electrons. The molecule has 0 aliphatic carbocycles. The minimum Gasteiger partial charge on any atom is -0.170 e. The van der Waals surface area contributed by atoms with Gasteiger partial charge in [-0.3, -0.25) is 0 Å². The molecule has 0 aromatic rings. The SMILES string of the molecule is C1CCC2CC[N+](CC1)C2. The summed E-state index contributed by atoms with van der Waals surface area (Å²) in [5.41, 5.74) is 0. The first-order valence-electron chi connectivity index (χ1n) is 4.67. The Balaban J connectivity index is 1.91. The molecule has 1 nitrogen and oxygen atoms in total. The van der Waals surface area contributed by atoms with Crippen LogP contribution in [0.15, 0.2) is 0 Å². The van der Waals surface area contributed by atoms with Crippen molar-refractivity contribution in [3.8, 4) is 0 Å². The topological polar surface area (TPSA) is 5.90 Å². The van der Waals surface area contributed by atoms with Gasteiger partial charge in [-0.1, -0.05) is 6.42 Å². The first kappa shape index (κ1) is 6.66. The van der Waals surface area contributed by atoms with E-state index < -0.39 is 0 Å². The van der Waals surface area contributed by atoms with E-state index in [0.717, 1.165) is 5.92 Å². The van der Waals surface area contributed by atoms with Gasteiger partial charge in [-0.2, -0.15) is 4.90 Å². The van der Waals surface area contributed by atoms with Gasteiger partial charge in [0.2, 0.25) is 0 Å². The van der Waals surface area contributed by atoms with E-state index in [9.17, 15) is 0 Å². The lowest BCUT2D eigenvalue weighted by Gasteiger charge is -2.10. The molecular weight excluding hydrogens is 122 g/mol. The van der Waals surface area contributed by atoms with E-state index in [-0.39, 0.29) is 0 Å². The number of rotatable bonds is 0. The zero-order valence-corrected chi connectivity index (χ0v) is 6.68. The zero-order valence-electron chi connectivity index (χ0n) is 6.68. The minimum absolute atomic E-state index is 1.07. The summed E-state index contributed by atoms with van der Waals surface area (Å²) < 4.78 is 0. The molecule has 2 bridgehead atoms. The average molecular weight is 139 g/mol. The van der Waals surface area contributed by atoms with Gasteiger partial charge in [0.1, 0.15) is 19.6 Å². The van der Waals surface area contributed by atoms with Gasteiger partial charge in [-0.25, -0.2) is 0 Å². The van der Waals surface area contributed by atoms with Gasteiger partial charge in [0.05, 0.1) is 0 Å². The maximum Gasteiger partial charge on any atom is 0.125 e. The highest BCUT2D eigenvalue weighted by Gasteiger charge is 2.30. The molecule has 2 unspecified atom stereocenters. The third-order valence-electron chi connectivity index (χ3n) is 2.96. The van der Waals surface area contributed by atoms with Crippen LogP contribution in [0.4, 0.5) is 0 Å². The van der Waals surface area contributed by atoms with E-state index >= 15 is 0 Å². The van der Waals surface area contributed by atoms with Crippen LogP contribution < -0.4 is 4.90 Å². The first-order chi connectivity index (χ1) is 4.95. The Bertz CT molecular complexity index is 99.3. The molecule has 10 heavy (non-hydrogen) atoms. The molecule has 0 aromatic heterocycles. The van der Waals surface area contributed by atoms with Gasteiger partial charge in [-0.05, 0) is 12.8 Å². The Morgan fingerprint density at radius 1 is 0.900 bits per heavy atom. The standard InChI is InChI=1S/C9H17N/c1-2-4-9-5-7-10(8-9)6-3-1/h9H,1-8H2/q+1. The summed E-state index contributed by atoms with van der Waals surface area (Å²) in [5.74, 6) is 1.07. The van der Waals surface area contributed by atoms with Crippen LogP contribution in [0.5, 0.6) is 0 Å². The highest BCUT2D eigenvalue weighted by molar-refractivity contribution is 4.81. The molecule has 0 amide bonds. The molecule has 2 heterocycles. The van der Waals surface area contributed by atoms with Crippen molar-refractivity contribution >= 4 is 0 Å². The van der Waals surface area contributed by atoms with Gasteiger partial charge < -0.3 is 0 Å². The van der Waals surface area contributed by atoms with Crippen molar-refractivity contribution in [3.63, 3.8) is 0 Å². The number of hydrogen-bond donors (Lipinski definition) is 0. The van der Waals surface area contributed by atoms with Crippen molar-refractivity contribution in [2.45, 2.75) is 32.1 Å². The molecule has 2 rings (SSSR count). The summed E-state index contributed by atoms with van der Waals surface area (Å²) in [7, 11) is 0. The highest BCUT2D eigenvalue weighted by Crippen LogP contribution is 2.23. The summed E-state index contributed by atoms with van der Waals surface area (Å²) in [6, 6.07) is 0. The van der Waals surface area contributed by atoms with Crippen molar-refractivity contribution in [1.29, 1.82) is 0 Å². The Kier molecular flexibility index (Phi) is 1.94. The molecule has 0 aromatic carbocycles. The maximum absolute atomic E-state index is 2.64. The van der Waals surface area contributed by atoms with Crippen molar-refractivity contribution in [2.75, 3.05) is 19.6 Å². The zero-order chi connectivity index (χ0) is 6.81. The van der Waals surface area contributed by atoms with Crippen molar-refractivity contribution in [1.82, 2.24) is 4.90 Å². The minimum atomic E-state index is 1.07. The van der Waals surface area contributed by atoms with E-state index in [2.05, 4.69) is 4.90 Å². The molecular formula is C9H17N+. The lowest BCUT2D eigenvalue weighted by Crippen LogP contribution is -2.29. The molecule has 2 aliphatic heterocycles. The van der Waals surface area contributed by atoms with Crippen LogP contribution in [-0.4, -0.2) is 19.6 Å². The molecule has 2 atom stereocenters. The van der Waals surface area contributed by atoms with Crippen LogP contribution >= 0.6 is 0 Å². The van der Waals surface area contributed by atoms with Crippen LogP contribution in [0, 0.1) is 5.92 Å². The first-order valence-corrected chi connectivity index (χ1v) is 4.67. The second kappa shape index (κ2) is 2.91. The van der Waals surface area contributed by atoms with Crippen molar-refractivity contribution < 1.29 is 0 Å². The van der Waals surface area contributed by atoms with Gasteiger partial charge in [0, 0.05) is 18.8 Å². The number of nitrogens with zero attached hydrogens (tertiary/aromatic N) is 1. The summed E-state index contributed by atoms with van der Waals surface area (Å²) in [5, 5.41) is 0. The average Bonchev–Trinajstić information content (AvgIpc) is 2.30. The highest BCUT2D eigenvalue weighted by atomic mass is 15.1. The molecule has 0 saturated carbocycles. The molecule has 1 heteroatoms. The molecule has 0 spiro atoms. The Morgan fingerprint density at radius 3 is 2.90 bits per heavy atom. The summed E-state index contributed by atoms with van der Waals surface area (Å²) >= 11 is 0. The van der Waals surface area contributed by atoms with Gasteiger partial charge in [-0.15, -0.1) is 0 Å². The van der Waals surface area contributed by atoms with E-state index in [1.54, 1.807) is 0 Å².